The first-order valence-electron chi connectivity index (χ1n) is 10.3. The van der Waals surface area contributed by atoms with E-state index in [9.17, 15) is 18.5 Å². The summed E-state index contributed by atoms with van der Waals surface area (Å²) in [5.74, 6) is 1.64. The van der Waals surface area contributed by atoms with Crippen LogP contribution in [0.1, 0.15) is 12.5 Å². The fraction of sp³-hybridized carbons (Fsp3) is 0.174. The van der Waals surface area contributed by atoms with E-state index in [-0.39, 0.29) is 22.0 Å². The van der Waals surface area contributed by atoms with Crippen molar-refractivity contribution < 1.29 is 27.6 Å². The number of sulfonamides is 1. The Balaban J connectivity index is 1.89. The first kappa shape index (κ1) is 25.3. The van der Waals surface area contributed by atoms with Crippen molar-refractivity contribution in [3.63, 3.8) is 0 Å². The summed E-state index contributed by atoms with van der Waals surface area (Å²) in [4.78, 5) is 10.2. The molecular formula is C23H24N4O7S. The molecule has 0 amide bonds. The summed E-state index contributed by atoms with van der Waals surface area (Å²) in [6.45, 7) is 2.34. The van der Waals surface area contributed by atoms with Gasteiger partial charge in [-0.25, -0.2) is 8.42 Å². The quantitative estimate of drug-likeness (QED) is 0.226. The van der Waals surface area contributed by atoms with E-state index in [1.165, 1.54) is 44.7 Å². The molecule has 184 valence electrons. The molecule has 0 spiro atoms. The zero-order chi connectivity index (χ0) is 25.4. The van der Waals surface area contributed by atoms with Gasteiger partial charge in [0.15, 0.2) is 11.5 Å². The van der Waals surface area contributed by atoms with Crippen LogP contribution in [0, 0.1) is 10.1 Å². The molecule has 12 heteroatoms. The second kappa shape index (κ2) is 11.2. The predicted molar refractivity (Wildman–Crippen MR) is 132 cm³/mol. The van der Waals surface area contributed by atoms with Crippen molar-refractivity contribution in [3.8, 4) is 17.2 Å². The van der Waals surface area contributed by atoms with Gasteiger partial charge in [-0.2, -0.15) is 5.10 Å². The highest BCUT2D eigenvalue weighted by atomic mass is 32.2. The molecule has 0 radical (unpaired) electrons. The van der Waals surface area contributed by atoms with Crippen LogP contribution in [0.2, 0.25) is 0 Å². The van der Waals surface area contributed by atoms with Crippen molar-refractivity contribution in [2.45, 2.75) is 11.8 Å². The largest absolute Gasteiger partial charge is 0.497 e. The Morgan fingerprint density at radius 1 is 1.00 bits per heavy atom. The van der Waals surface area contributed by atoms with Gasteiger partial charge in [-0.3, -0.25) is 20.3 Å². The summed E-state index contributed by atoms with van der Waals surface area (Å²) in [5, 5.41) is 15.3. The molecule has 0 atom stereocenters. The van der Waals surface area contributed by atoms with Crippen LogP contribution in [-0.4, -0.2) is 40.4 Å². The molecule has 3 aromatic rings. The molecule has 11 nitrogen and oxygen atoms in total. The lowest BCUT2D eigenvalue weighted by molar-refractivity contribution is -0.385. The van der Waals surface area contributed by atoms with Crippen LogP contribution in [0.25, 0.3) is 0 Å². The average Bonchev–Trinajstić information content (AvgIpc) is 2.85. The van der Waals surface area contributed by atoms with E-state index in [2.05, 4.69) is 15.2 Å². The number of nitro groups is 1. The molecule has 35 heavy (non-hydrogen) atoms. The number of non-ortho nitro benzene ring substituents is 1. The number of methoxy groups -OCH3 is 2. The van der Waals surface area contributed by atoms with E-state index in [0.29, 0.717) is 29.4 Å². The van der Waals surface area contributed by atoms with Gasteiger partial charge in [0.2, 0.25) is 0 Å². The van der Waals surface area contributed by atoms with Gasteiger partial charge in [-0.15, -0.1) is 0 Å². The van der Waals surface area contributed by atoms with Gasteiger partial charge in [-0.05, 0) is 61.0 Å². The van der Waals surface area contributed by atoms with Crippen LogP contribution in [0.5, 0.6) is 17.2 Å². The molecule has 0 aliphatic heterocycles. The van der Waals surface area contributed by atoms with Gasteiger partial charge in [0, 0.05) is 17.8 Å². The first-order valence-corrected chi connectivity index (χ1v) is 11.8. The number of hydrogen-bond acceptors (Lipinski definition) is 9. The third kappa shape index (κ3) is 6.38. The van der Waals surface area contributed by atoms with Gasteiger partial charge < -0.3 is 14.2 Å². The fourth-order valence-electron chi connectivity index (χ4n) is 3.02. The number of nitrogens with one attached hydrogen (secondary N) is 2. The average molecular weight is 501 g/mol. The monoisotopic (exact) mass is 500 g/mol. The van der Waals surface area contributed by atoms with Crippen LogP contribution in [-0.2, 0) is 10.0 Å². The molecule has 0 fully saturated rings. The zero-order valence-corrected chi connectivity index (χ0v) is 20.0. The van der Waals surface area contributed by atoms with Gasteiger partial charge in [0.1, 0.15) is 10.6 Å². The maximum atomic E-state index is 13.1. The summed E-state index contributed by atoms with van der Waals surface area (Å²) < 4.78 is 44.4. The minimum Gasteiger partial charge on any atom is -0.497 e. The molecule has 3 aromatic carbocycles. The Labute approximate surface area is 202 Å². The van der Waals surface area contributed by atoms with Crippen molar-refractivity contribution in [2.24, 2.45) is 5.10 Å². The van der Waals surface area contributed by atoms with Crippen molar-refractivity contribution in [1.29, 1.82) is 0 Å². The summed E-state index contributed by atoms with van der Waals surface area (Å²) in [6.07, 6.45) is 1.45. The van der Waals surface area contributed by atoms with Crippen molar-refractivity contribution >= 4 is 33.3 Å². The number of nitro benzene ring substituents is 1. The Bertz CT molecular complexity index is 1330. The molecule has 0 aliphatic carbocycles. The normalized spacial score (nSPS) is 11.2. The minimum absolute atomic E-state index is 0.0470. The lowest BCUT2D eigenvalue weighted by Crippen LogP contribution is -2.15. The standard InChI is InChI=1S/C23H24N4O7S/c1-4-34-21-12-5-16(13-22(21)33-3)15-24-25-20-11-8-18(27(28)29)14-23(20)35(30,31)26-17-6-9-19(32-2)10-7-17/h5-15,25-26H,4H2,1-3H3/b24-15+. The Morgan fingerprint density at radius 3 is 2.37 bits per heavy atom. The lowest BCUT2D eigenvalue weighted by Gasteiger charge is -2.12. The molecule has 0 saturated heterocycles. The molecule has 3 rings (SSSR count). The topological polar surface area (TPSA) is 141 Å². The molecule has 0 saturated carbocycles. The van der Waals surface area contributed by atoms with Crippen molar-refractivity contribution in [3.05, 3.63) is 76.3 Å². The number of hydrogen-bond donors (Lipinski definition) is 2. The van der Waals surface area contributed by atoms with Crippen molar-refractivity contribution in [2.75, 3.05) is 31.0 Å². The number of anilines is 2. The van der Waals surface area contributed by atoms with Crippen LogP contribution < -0.4 is 24.4 Å². The van der Waals surface area contributed by atoms with Gasteiger partial charge in [-0.1, -0.05) is 0 Å². The molecular weight excluding hydrogens is 476 g/mol. The molecule has 0 aromatic heterocycles. The highest BCUT2D eigenvalue weighted by Crippen LogP contribution is 2.30. The molecule has 0 aliphatic rings. The number of benzene rings is 3. The summed E-state index contributed by atoms with van der Waals surface area (Å²) in [7, 11) is -1.20. The Hall–Kier alpha value is -4.32. The molecule has 0 bridgehead atoms. The highest BCUT2D eigenvalue weighted by Gasteiger charge is 2.23. The fourth-order valence-corrected chi connectivity index (χ4v) is 4.26. The SMILES string of the molecule is CCOc1ccc(/C=N/Nc2ccc([N+](=O)[O-])cc2S(=O)(=O)Nc2ccc(OC)cc2)cc1OC. The molecule has 2 N–H and O–H groups in total. The van der Waals surface area contributed by atoms with Gasteiger partial charge in [0.05, 0.1) is 37.7 Å². The first-order chi connectivity index (χ1) is 16.8. The second-order valence-corrected chi connectivity index (χ2v) is 8.64. The van der Waals surface area contributed by atoms with Gasteiger partial charge >= 0.3 is 0 Å². The van der Waals surface area contributed by atoms with Crippen LogP contribution in [0.3, 0.4) is 0 Å². The molecule has 0 unspecified atom stereocenters. The van der Waals surface area contributed by atoms with E-state index in [0.717, 1.165) is 6.07 Å². The number of rotatable bonds is 11. The van der Waals surface area contributed by atoms with Crippen LogP contribution >= 0.6 is 0 Å². The lowest BCUT2D eigenvalue weighted by atomic mass is 10.2. The second-order valence-electron chi connectivity index (χ2n) is 6.98. The van der Waals surface area contributed by atoms with E-state index in [1.54, 1.807) is 30.3 Å². The van der Waals surface area contributed by atoms with E-state index >= 15 is 0 Å². The summed E-state index contributed by atoms with van der Waals surface area (Å²) in [5.41, 5.74) is 3.23. The summed E-state index contributed by atoms with van der Waals surface area (Å²) in [6, 6.07) is 14.8. The van der Waals surface area contributed by atoms with Crippen LogP contribution in [0.15, 0.2) is 70.7 Å². The van der Waals surface area contributed by atoms with E-state index in [1.807, 2.05) is 6.92 Å². The summed E-state index contributed by atoms with van der Waals surface area (Å²) >= 11 is 0. The Kier molecular flexibility index (Phi) is 8.10. The van der Waals surface area contributed by atoms with Gasteiger partial charge in [0.25, 0.3) is 15.7 Å². The molecule has 0 heterocycles. The number of hydrazone groups is 1. The number of ether oxygens (including phenoxy) is 3. The van der Waals surface area contributed by atoms with Crippen LogP contribution in [0.4, 0.5) is 17.1 Å². The number of nitrogens with zero attached hydrogens (tertiary/aromatic N) is 2. The van der Waals surface area contributed by atoms with E-state index in [4.69, 9.17) is 14.2 Å². The minimum atomic E-state index is -4.21. The maximum Gasteiger partial charge on any atom is 0.270 e. The maximum absolute atomic E-state index is 13.1. The zero-order valence-electron chi connectivity index (χ0n) is 19.2. The van der Waals surface area contributed by atoms with Crippen molar-refractivity contribution in [1.82, 2.24) is 0 Å². The Morgan fingerprint density at radius 2 is 1.74 bits per heavy atom. The third-order valence-corrected chi connectivity index (χ3v) is 6.12. The predicted octanol–water partition coefficient (Wildman–Crippen LogP) is 4.26. The third-order valence-electron chi connectivity index (χ3n) is 4.69. The highest BCUT2D eigenvalue weighted by molar-refractivity contribution is 7.92. The smallest absolute Gasteiger partial charge is 0.270 e. The van der Waals surface area contributed by atoms with E-state index < -0.39 is 14.9 Å².